The Balaban J connectivity index is 2.83. The highest BCUT2D eigenvalue weighted by atomic mass is 16.3. The molecule has 0 unspecified atom stereocenters. The van der Waals surface area contributed by atoms with Crippen LogP contribution >= 0.6 is 0 Å². The first kappa shape index (κ1) is 8.50. The van der Waals surface area contributed by atoms with Gasteiger partial charge in [0.05, 0.1) is 5.56 Å². The van der Waals surface area contributed by atoms with Gasteiger partial charge in [-0.25, -0.2) is 0 Å². The zero-order valence-corrected chi connectivity index (χ0v) is 7.07. The van der Waals surface area contributed by atoms with Gasteiger partial charge in [-0.3, -0.25) is 9.59 Å². The molecule has 3 N–H and O–H groups in total. The van der Waals surface area contributed by atoms with Gasteiger partial charge in [0.1, 0.15) is 11.3 Å². The number of rotatable bonds is 0. The number of phenols is 1. The topological polar surface area (TPSA) is 77.3 Å². The summed E-state index contributed by atoms with van der Waals surface area (Å²) in [7, 11) is 0. The number of phenolic OH excluding ortho intramolecular Hbond substituents is 1. The molecular formula is C10H7O4+. The molecule has 0 atom stereocenters. The molecule has 4 heteroatoms. The standard InChI is InChI=1S/C10H6O4/c11-5-1-2-6(12)10-8(14)4-3-7(13)9(5)10/h1-4,11-12H/p+1. The van der Waals surface area contributed by atoms with Crippen LogP contribution in [0.1, 0.15) is 20.7 Å². The average Bonchev–Trinajstić information content (AvgIpc) is 2.16. The number of carbonyl (C=O) groups is 2. The lowest BCUT2D eigenvalue weighted by atomic mass is 9.93. The Hall–Kier alpha value is -2.10. The van der Waals surface area contributed by atoms with Gasteiger partial charge in [-0.05, 0) is 18.2 Å². The maximum absolute atomic E-state index is 11.3. The minimum absolute atomic E-state index is 0.0162. The fourth-order valence-corrected chi connectivity index (χ4v) is 1.42. The van der Waals surface area contributed by atoms with Gasteiger partial charge in [0, 0.05) is 6.07 Å². The molecule has 0 amide bonds. The van der Waals surface area contributed by atoms with Gasteiger partial charge in [-0.15, -0.1) is 0 Å². The van der Waals surface area contributed by atoms with E-state index < -0.39 is 11.6 Å². The van der Waals surface area contributed by atoms with Crippen molar-refractivity contribution in [2.24, 2.45) is 0 Å². The van der Waals surface area contributed by atoms with E-state index in [-0.39, 0.29) is 22.6 Å². The van der Waals surface area contributed by atoms with E-state index in [0.717, 1.165) is 12.2 Å². The smallest absolute Gasteiger partial charge is 0.266 e. The number of hydrogen-bond donors (Lipinski definition) is 1. The van der Waals surface area contributed by atoms with Crippen molar-refractivity contribution >= 4 is 11.6 Å². The summed E-state index contributed by atoms with van der Waals surface area (Å²) in [5, 5.41) is 16.8. The minimum Gasteiger partial charge on any atom is -0.593 e. The van der Waals surface area contributed by atoms with Crippen LogP contribution < -0.4 is 0 Å². The normalized spacial score (nSPS) is 14.3. The van der Waals surface area contributed by atoms with Crippen LogP contribution in [0.4, 0.5) is 0 Å². The third kappa shape index (κ3) is 1.01. The molecule has 1 aromatic carbocycles. The fraction of sp³-hybridized carbons (Fsp3) is 0. The molecule has 0 spiro atoms. The first-order valence-electron chi connectivity index (χ1n) is 3.95. The van der Waals surface area contributed by atoms with Gasteiger partial charge in [0.2, 0.25) is 0 Å². The Bertz CT molecular complexity index is 428. The molecule has 0 saturated heterocycles. The molecule has 0 heterocycles. The van der Waals surface area contributed by atoms with Gasteiger partial charge in [0.15, 0.2) is 11.6 Å². The highest BCUT2D eigenvalue weighted by Gasteiger charge is 2.27. The number of benzene rings is 1. The molecule has 2 rings (SSSR count). The lowest BCUT2D eigenvalue weighted by Gasteiger charge is -2.09. The molecular weight excluding hydrogens is 184 g/mol. The van der Waals surface area contributed by atoms with Crippen LogP contribution in [0.25, 0.3) is 0 Å². The lowest BCUT2D eigenvalue weighted by Crippen LogP contribution is -2.11. The van der Waals surface area contributed by atoms with Gasteiger partial charge in [-0.1, -0.05) is 0 Å². The maximum Gasteiger partial charge on any atom is 0.266 e. The monoisotopic (exact) mass is 191 g/mol. The van der Waals surface area contributed by atoms with E-state index in [1.807, 2.05) is 0 Å². The highest BCUT2D eigenvalue weighted by molar-refractivity contribution is 6.24. The van der Waals surface area contributed by atoms with Gasteiger partial charge in [-0.2, -0.15) is 0 Å². The Morgan fingerprint density at radius 2 is 1.57 bits per heavy atom. The summed E-state index contributed by atoms with van der Waals surface area (Å²) in [6.45, 7) is 0. The van der Waals surface area contributed by atoms with Crippen LogP contribution in [-0.4, -0.2) is 21.8 Å². The molecule has 70 valence electrons. The molecule has 14 heavy (non-hydrogen) atoms. The lowest BCUT2D eigenvalue weighted by molar-refractivity contribution is 0.0989. The summed E-state index contributed by atoms with van der Waals surface area (Å²) < 4.78 is 0. The fourth-order valence-electron chi connectivity index (χ4n) is 1.42. The predicted molar refractivity (Wildman–Crippen MR) is 49.0 cm³/mol. The second kappa shape index (κ2) is 2.70. The minimum atomic E-state index is -0.439. The van der Waals surface area contributed by atoms with Crippen molar-refractivity contribution < 1.29 is 19.8 Å². The number of fused-ring (bicyclic) bond motifs is 1. The van der Waals surface area contributed by atoms with Crippen LogP contribution in [-0.2, 0) is 0 Å². The summed E-state index contributed by atoms with van der Waals surface area (Å²) in [5.74, 6) is -1.15. The highest BCUT2D eigenvalue weighted by Crippen LogP contribution is 2.32. The number of allylic oxidation sites excluding steroid dienone is 2. The predicted octanol–water partition coefficient (Wildman–Crippen LogP) is 0.765. The summed E-state index contributed by atoms with van der Waals surface area (Å²) in [5.41, 5.74) is -0.0810. The summed E-state index contributed by atoms with van der Waals surface area (Å²) in [6, 6.07) is 2.53. The zero-order valence-electron chi connectivity index (χ0n) is 7.07. The third-order valence-electron chi connectivity index (χ3n) is 2.06. The van der Waals surface area contributed by atoms with Crippen LogP contribution in [0.5, 0.6) is 11.5 Å². The molecule has 1 aromatic rings. The number of ketones is 2. The second-order valence-electron chi connectivity index (χ2n) is 2.94. The number of aromatic hydroxyl groups is 1. The van der Waals surface area contributed by atoms with E-state index in [1.54, 1.807) is 0 Å². The van der Waals surface area contributed by atoms with Crippen molar-refractivity contribution in [3.05, 3.63) is 35.4 Å². The average molecular weight is 191 g/mol. The quantitative estimate of drug-likeness (QED) is 0.615. The number of carbonyl (C=O) groups excluding carboxylic acids is 2. The molecule has 1 aliphatic rings. The SMILES string of the molecule is O=C1C=CC(=O)c2c([OH2+])ccc(O)c21. The van der Waals surface area contributed by atoms with Crippen molar-refractivity contribution in [1.29, 1.82) is 0 Å². The Labute approximate surface area is 79.1 Å². The summed E-state index contributed by atoms with van der Waals surface area (Å²) in [4.78, 5) is 22.7. The first-order valence-corrected chi connectivity index (χ1v) is 3.95. The Kier molecular flexibility index (Phi) is 1.64. The second-order valence-corrected chi connectivity index (χ2v) is 2.94. The zero-order chi connectivity index (χ0) is 10.3. The van der Waals surface area contributed by atoms with Crippen molar-refractivity contribution in [3.8, 4) is 11.5 Å². The first-order chi connectivity index (χ1) is 6.61. The van der Waals surface area contributed by atoms with Crippen LogP contribution in [0.15, 0.2) is 24.3 Å². The molecule has 0 fully saturated rings. The molecule has 0 radical (unpaired) electrons. The van der Waals surface area contributed by atoms with Crippen LogP contribution in [0.2, 0.25) is 0 Å². The van der Waals surface area contributed by atoms with Gasteiger partial charge in [0.25, 0.3) is 5.75 Å². The van der Waals surface area contributed by atoms with Crippen molar-refractivity contribution in [3.63, 3.8) is 0 Å². The van der Waals surface area contributed by atoms with Crippen LogP contribution in [0, 0.1) is 0 Å². The van der Waals surface area contributed by atoms with E-state index in [0.29, 0.717) is 0 Å². The molecule has 4 nitrogen and oxygen atoms in total. The number of hydrogen-bond acceptors (Lipinski definition) is 3. The van der Waals surface area contributed by atoms with Crippen molar-refractivity contribution in [2.45, 2.75) is 0 Å². The van der Waals surface area contributed by atoms with E-state index in [2.05, 4.69) is 0 Å². The van der Waals surface area contributed by atoms with Crippen molar-refractivity contribution in [2.75, 3.05) is 0 Å². The third-order valence-corrected chi connectivity index (χ3v) is 2.06. The molecule has 1 aliphatic carbocycles. The molecule has 0 saturated carbocycles. The Morgan fingerprint density at radius 1 is 1.00 bits per heavy atom. The van der Waals surface area contributed by atoms with Gasteiger partial charge >= 0.3 is 0 Å². The van der Waals surface area contributed by atoms with E-state index in [4.69, 9.17) is 5.11 Å². The van der Waals surface area contributed by atoms with E-state index in [1.165, 1.54) is 12.1 Å². The largest absolute Gasteiger partial charge is 0.593 e. The molecule has 0 aliphatic heterocycles. The van der Waals surface area contributed by atoms with Gasteiger partial charge < -0.3 is 10.2 Å². The van der Waals surface area contributed by atoms with Crippen LogP contribution in [0.3, 0.4) is 0 Å². The Morgan fingerprint density at radius 3 is 2.14 bits per heavy atom. The van der Waals surface area contributed by atoms with E-state index in [9.17, 15) is 14.7 Å². The molecule has 0 aromatic heterocycles. The van der Waals surface area contributed by atoms with E-state index >= 15 is 0 Å². The maximum atomic E-state index is 11.3. The van der Waals surface area contributed by atoms with Crippen molar-refractivity contribution in [1.82, 2.24) is 0 Å². The summed E-state index contributed by atoms with van der Waals surface area (Å²) in [6.07, 6.45) is 2.21. The summed E-state index contributed by atoms with van der Waals surface area (Å²) >= 11 is 0. The molecule has 0 bridgehead atoms.